The van der Waals surface area contributed by atoms with Gasteiger partial charge >= 0.3 is 0 Å². The highest BCUT2D eigenvalue weighted by molar-refractivity contribution is 5.70. The van der Waals surface area contributed by atoms with Crippen molar-refractivity contribution in [1.82, 2.24) is 14.8 Å². The first-order valence-electron chi connectivity index (χ1n) is 9.33. The standard InChI is InChI=1S/C22H18N4O3/c1-22(2)12-18-17(13-23-25(18)15-6-4-3-5-7-15)19-20(22)24-21(29-19)14-8-10-16(11-9-14)26(27)28/h3-11,13H,12H2,1-2H3. The van der Waals surface area contributed by atoms with Gasteiger partial charge in [-0.15, -0.1) is 0 Å². The molecule has 0 spiro atoms. The van der Waals surface area contributed by atoms with Crippen LogP contribution >= 0.6 is 0 Å². The van der Waals surface area contributed by atoms with Crippen LogP contribution in [0.25, 0.3) is 28.5 Å². The van der Waals surface area contributed by atoms with E-state index in [-0.39, 0.29) is 11.1 Å². The molecule has 0 saturated heterocycles. The smallest absolute Gasteiger partial charge is 0.269 e. The predicted molar refractivity (Wildman–Crippen MR) is 108 cm³/mol. The number of aromatic nitrogens is 3. The quantitative estimate of drug-likeness (QED) is 0.368. The fourth-order valence-electron chi connectivity index (χ4n) is 3.84. The van der Waals surface area contributed by atoms with E-state index in [0.717, 1.165) is 29.1 Å². The topological polar surface area (TPSA) is 87.0 Å². The first-order chi connectivity index (χ1) is 13.9. The van der Waals surface area contributed by atoms with Gasteiger partial charge in [0.15, 0.2) is 5.76 Å². The van der Waals surface area contributed by atoms with Crippen molar-refractivity contribution in [3.05, 3.63) is 82.3 Å². The molecule has 1 aliphatic carbocycles. The molecule has 0 saturated carbocycles. The lowest BCUT2D eigenvalue weighted by molar-refractivity contribution is -0.384. The van der Waals surface area contributed by atoms with Gasteiger partial charge in [0, 0.05) is 29.5 Å². The minimum Gasteiger partial charge on any atom is -0.436 e. The molecule has 0 amide bonds. The van der Waals surface area contributed by atoms with Crippen LogP contribution in [0, 0.1) is 10.1 Å². The van der Waals surface area contributed by atoms with Crippen LogP contribution in [0.15, 0.2) is 65.2 Å². The largest absolute Gasteiger partial charge is 0.436 e. The molecule has 0 radical (unpaired) electrons. The van der Waals surface area contributed by atoms with Crippen LogP contribution in [0.5, 0.6) is 0 Å². The van der Waals surface area contributed by atoms with Crippen molar-refractivity contribution in [2.45, 2.75) is 25.7 Å². The molecular formula is C22H18N4O3. The second kappa shape index (κ2) is 6.13. The minimum absolute atomic E-state index is 0.0387. The van der Waals surface area contributed by atoms with E-state index < -0.39 is 4.92 Å². The van der Waals surface area contributed by atoms with Gasteiger partial charge in [-0.1, -0.05) is 32.0 Å². The fraction of sp³-hybridized carbons (Fsp3) is 0.182. The molecule has 0 fully saturated rings. The van der Waals surface area contributed by atoms with Crippen LogP contribution in [-0.4, -0.2) is 19.7 Å². The Balaban J connectivity index is 1.63. The number of para-hydroxylation sites is 1. The molecule has 2 aromatic heterocycles. The number of hydrogen-bond donors (Lipinski definition) is 0. The Kier molecular flexibility index (Phi) is 3.67. The zero-order chi connectivity index (χ0) is 20.2. The number of benzene rings is 2. The van der Waals surface area contributed by atoms with Crippen LogP contribution in [0.4, 0.5) is 5.69 Å². The summed E-state index contributed by atoms with van der Waals surface area (Å²) < 4.78 is 8.12. The van der Waals surface area contributed by atoms with Crippen molar-refractivity contribution in [3.8, 4) is 28.5 Å². The van der Waals surface area contributed by atoms with E-state index in [9.17, 15) is 10.1 Å². The average Bonchev–Trinajstić information content (AvgIpc) is 3.33. The molecule has 0 N–H and O–H groups in total. The summed E-state index contributed by atoms with van der Waals surface area (Å²) in [7, 11) is 0. The molecule has 2 aromatic carbocycles. The van der Waals surface area contributed by atoms with E-state index in [4.69, 9.17) is 9.40 Å². The Morgan fingerprint density at radius 2 is 1.83 bits per heavy atom. The summed E-state index contributed by atoms with van der Waals surface area (Å²) in [6.45, 7) is 4.28. The van der Waals surface area contributed by atoms with Gasteiger partial charge in [0.05, 0.1) is 33.8 Å². The number of rotatable bonds is 3. The molecule has 0 bridgehead atoms. The van der Waals surface area contributed by atoms with Crippen LogP contribution in [-0.2, 0) is 11.8 Å². The molecular weight excluding hydrogens is 368 g/mol. The Bertz CT molecular complexity index is 1220. The number of fused-ring (bicyclic) bond motifs is 3. The first kappa shape index (κ1) is 17.4. The number of nitro benzene ring substituents is 1. The van der Waals surface area contributed by atoms with Crippen LogP contribution in [0.1, 0.15) is 25.2 Å². The van der Waals surface area contributed by atoms with Gasteiger partial charge in [-0.05, 0) is 24.3 Å². The normalized spacial score (nSPS) is 14.3. The monoisotopic (exact) mass is 386 g/mol. The number of non-ortho nitro benzene ring substituents is 1. The molecule has 5 rings (SSSR count). The van der Waals surface area contributed by atoms with E-state index in [1.54, 1.807) is 12.1 Å². The summed E-state index contributed by atoms with van der Waals surface area (Å²) >= 11 is 0. The van der Waals surface area contributed by atoms with Crippen molar-refractivity contribution < 1.29 is 9.34 Å². The maximum absolute atomic E-state index is 10.9. The summed E-state index contributed by atoms with van der Waals surface area (Å²) in [5.74, 6) is 1.17. The molecule has 0 aliphatic heterocycles. The third kappa shape index (κ3) is 2.74. The zero-order valence-corrected chi connectivity index (χ0v) is 16.0. The highest BCUT2D eigenvalue weighted by atomic mass is 16.6. The van der Waals surface area contributed by atoms with E-state index in [2.05, 4.69) is 18.9 Å². The van der Waals surface area contributed by atoms with Crippen molar-refractivity contribution in [1.29, 1.82) is 0 Å². The summed E-state index contributed by atoms with van der Waals surface area (Å²) in [5, 5.41) is 15.5. The third-order valence-electron chi connectivity index (χ3n) is 5.32. The molecule has 2 heterocycles. The lowest BCUT2D eigenvalue weighted by atomic mass is 9.78. The molecule has 1 aliphatic rings. The molecule has 0 unspecified atom stereocenters. The highest BCUT2D eigenvalue weighted by Crippen LogP contribution is 2.45. The van der Waals surface area contributed by atoms with Crippen molar-refractivity contribution in [3.63, 3.8) is 0 Å². The van der Waals surface area contributed by atoms with Gasteiger partial charge in [-0.25, -0.2) is 9.67 Å². The van der Waals surface area contributed by atoms with E-state index in [1.165, 1.54) is 12.1 Å². The molecule has 7 nitrogen and oxygen atoms in total. The second-order valence-electron chi connectivity index (χ2n) is 7.81. The maximum atomic E-state index is 10.9. The van der Waals surface area contributed by atoms with Crippen molar-refractivity contribution in [2.75, 3.05) is 0 Å². The van der Waals surface area contributed by atoms with E-state index in [0.29, 0.717) is 17.2 Å². The fourth-order valence-corrected chi connectivity index (χ4v) is 3.84. The average molecular weight is 386 g/mol. The van der Waals surface area contributed by atoms with Crippen molar-refractivity contribution in [2.24, 2.45) is 0 Å². The summed E-state index contributed by atoms with van der Waals surface area (Å²) in [6, 6.07) is 16.3. The van der Waals surface area contributed by atoms with Gasteiger partial charge in [0.2, 0.25) is 5.89 Å². The van der Waals surface area contributed by atoms with Crippen LogP contribution in [0.3, 0.4) is 0 Å². The van der Waals surface area contributed by atoms with Gasteiger partial charge in [0.25, 0.3) is 5.69 Å². The van der Waals surface area contributed by atoms with Gasteiger partial charge in [0.1, 0.15) is 0 Å². The van der Waals surface area contributed by atoms with E-state index in [1.807, 2.05) is 41.2 Å². The van der Waals surface area contributed by atoms with Crippen LogP contribution < -0.4 is 0 Å². The lowest BCUT2D eigenvalue weighted by Gasteiger charge is -2.28. The second-order valence-corrected chi connectivity index (χ2v) is 7.81. The van der Waals surface area contributed by atoms with Gasteiger partial charge < -0.3 is 4.42 Å². The first-order valence-corrected chi connectivity index (χ1v) is 9.33. The zero-order valence-electron chi connectivity index (χ0n) is 16.0. The summed E-state index contributed by atoms with van der Waals surface area (Å²) in [5.41, 5.74) is 4.41. The Hall–Kier alpha value is -3.74. The summed E-state index contributed by atoms with van der Waals surface area (Å²) in [4.78, 5) is 15.2. The number of oxazole rings is 1. The molecule has 144 valence electrons. The Morgan fingerprint density at radius 1 is 1.10 bits per heavy atom. The third-order valence-corrected chi connectivity index (χ3v) is 5.32. The lowest BCUT2D eigenvalue weighted by Crippen LogP contribution is -2.27. The summed E-state index contributed by atoms with van der Waals surface area (Å²) in [6.07, 6.45) is 2.59. The maximum Gasteiger partial charge on any atom is 0.269 e. The number of nitrogens with zero attached hydrogens (tertiary/aromatic N) is 4. The molecule has 29 heavy (non-hydrogen) atoms. The Labute approximate surface area is 166 Å². The van der Waals surface area contributed by atoms with Gasteiger partial charge in [-0.3, -0.25) is 10.1 Å². The van der Waals surface area contributed by atoms with Crippen LogP contribution in [0.2, 0.25) is 0 Å². The SMILES string of the molecule is CC1(C)Cc2c(cnn2-c2ccccc2)-c2oc(-c3ccc([N+](=O)[O-])cc3)nc21. The molecule has 7 heteroatoms. The highest BCUT2D eigenvalue weighted by Gasteiger charge is 2.38. The predicted octanol–water partition coefficient (Wildman–Crippen LogP) is 4.94. The Morgan fingerprint density at radius 3 is 2.52 bits per heavy atom. The molecule has 0 atom stereocenters. The van der Waals surface area contributed by atoms with E-state index >= 15 is 0 Å². The number of nitro groups is 1. The van der Waals surface area contributed by atoms with Gasteiger partial charge in [-0.2, -0.15) is 5.10 Å². The van der Waals surface area contributed by atoms with Crippen molar-refractivity contribution >= 4 is 5.69 Å². The molecule has 4 aromatic rings. The number of hydrogen-bond acceptors (Lipinski definition) is 5. The minimum atomic E-state index is -0.419.